The Morgan fingerprint density at radius 3 is 2.72 bits per heavy atom. The van der Waals surface area contributed by atoms with E-state index in [2.05, 4.69) is 9.97 Å². The molecule has 0 saturated heterocycles. The van der Waals surface area contributed by atoms with Gasteiger partial charge >= 0.3 is 0 Å². The van der Waals surface area contributed by atoms with E-state index >= 15 is 0 Å². The molecule has 2 rings (SSSR count). The van der Waals surface area contributed by atoms with Crippen LogP contribution >= 0.6 is 0 Å². The van der Waals surface area contributed by atoms with Gasteiger partial charge in [0.2, 0.25) is 5.78 Å². The number of halogens is 1. The van der Waals surface area contributed by atoms with Crippen molar-refractivity contribution < 1.29 is 13.9 Å². The SMILES string of the molecule is COc1ccc(C(=O)c2ccnc(C)n2)c(F)c1. The molecule has 0 aliphatic rings. The van der Waals surface area contributed by atoms with Gasteiger partial charge in [0.15, 0.2) is 0 Å². The molecule has 1 heterocycles. The molecule has 0 aliphatic carbocycles. The molecular formula is C13H11FN2O2. The largest absolute Gasteiger partial charge is 0.497 e. The third kappa shape index (κ3) is 2.34. The number of carbonyl (C=O) groups is 1. The number of carbonyl (C=O) groups excluding carboxylic acids is 1. The second kappa shape index (κ2) is 4.91. The molecule has 92 valence electrons. The summed E-state index contributed by atoms with van der Waals surface area (Å²) in [7, 11) is 1.43. The van der Waals surface area contributed by atoms with Crippen LogP contribution in [0.2, 0.25) is 0 Å². The first-order valence-corrected chi connectivity index (χ1v) is 5.29. The molecule has 2 aromatic rings. The van der Waals surface area contributed by atoms with Crippen molar-refractivity contribution in [2.24, 2.45) is 0 Å². The molecule has 18 heavy (non-hydrogen) atoms. The topological polar surface area (TPSA) is 52.1 Å². The number of aryl methyl sites for hydroxylation is 1. The lowest BCUT2D eigenvalue weighted by Crippen LogP contribution is -2.08. The summed E-state index contributed by atoms with van der Waals surface area (Å²) in [6.07, 6.45) is 1.47. The quantitative estimate of drug-likeness (QED) is 0.779. The lowest BCUT2D eigenvalue weighted by molar-refractivity contribution is 0.103. The Balaban J connectivity index is 2.40. The summed E-state index contributed by atoms with van der Waals surface area (Å²) >= 11 is 0. The van der Waals surface area contributed by atoms with Crippen molar-refractivity contribution in [3.8, 4) is 5.75 Å². The van der Waals surface area contributed by atoms with Gasteiger partial charge in [0.25, 0.3) is 0 Å². The molecule has 0 saturated carbocycles. The number of benzene rings is 1. The summed E-state index contributed by atoms with van der Waals surface area (Å²) in [5.74, 6) is -0.269. The van der Waals surface area contributed by atoms with Crippen LogP contribution in [0, 0.1) is 12.7 Å². The molecule has 0 aliphatic heterocycles. The van der Waals surface area contributed by atoms with Gasteiger partial charge in [-0.25, -0.2) is 14.4 Å². The van der Waals surface area contributed by atoms with E-state index < -0.39 is 11.6 Å². The van der Waals surface area contributed by atoms with E-state index in [4.69, 9.17) is 4.74 Å². The molecule has 0 unspecified atom stereocenters. The minimum Gasteiger partial charge on any atom is -0.497 e. The van der Waals surface area contributed by atoms with Crippen molar-refractivity contribution in [2.45, 2.75) is 6.92 Å². The number of hydrogen-bond donors (Lipinski definition) is 0. The van der Waals surface area contributed by atoms with Crippen LogP contribution in [0.1, 0.15) is 21.9 Å². The second-order valence-corrected chi connectivity index (χ2v) is 3.66. The molecular weight excluding hydrogens is 235 g/mol. The summed E-state index contributed by atoms with van der Waals surface area (Å²) in [6, 6.07) is 5.54. The van der Waals surface area contributed by atoms with Crippen molar-refractivity contribution in [3.05, 3.63) is 53.4 Å². The molecule has 0 N–H and O–H groups in total. The first-order valence-electron chi connectivity index (χ1n) is 5.29. The van der Waals surface area contributed by atoms with E-state index in [0.29, 0.717) is 11.6 Å². The maximum atomic E-state index is 13.7. The van der Waals surface area contributed by atoms with Gasteiger partial charge in [-0.05, 0) is 25.1 Å². The van der Waals surface area contributed by atoms with Gasteiger partial charge < -0.3 is 4.74 Å². The highest BCUT2D eigenvalue weighted by Gasteiger charge is 2.16. The maximum Gasteiger partial charge on any atom is 0.214 e. The number of rotatable bonds is 3. The molecule has 5 heteroatoms. The number of ketones is 1. The number of methoxy groups -OCH3 is 1. The first kappa shape index (κ1) is 12.2. The molecule has 0 bridgehead atoms. The highest BCUT2D eigenvalue weighted by Crippen LogP contribution is 2.18. The highest BCUT2D eigenvalue weighted by molar-refractivity contribution is 6.07. The minimum atomic E-state index is -0.629. The van der Waals surface area contributed by atoms with Crippen molar-refractivity contribution in [3.63, 3.8) is 0 Å². The number of hydrogen-bond acceptors (Lipinski definition) is 4. The predicted molar refractivity (Wildman–Crippen MR) is 63.2 cm³/mol. The van der Waals surface area contributed by atoms with E-state index in [1.165, 1.54) is 37.6 Å². The third-order valence-corrected chi connectivity index (χ3v) is 2.43. The Kier molecular flexibility index (Phi) is 3.32. The van der Waals surface area contributed by atoms with Crippen molar-refractivity contribution in [1.29, 1.82) is 0 Å². The van der Waals surface area contributed by atoms with Gasteiger partial charge in [-0.1, -0.05) is 0 Å². The predicted octanol–water partition coefficient (Wildman–Crippen LogP) is 2.16. The summed E-state index contributed by atoms with van der Waals surface area (Å²) in [6.45, 7) is 1.67. The van der Waals surface area contributed by atoms with E-state index in [9.17, 15) is 9.18 Å². The van der Waals surface area contributed by atoms with Crippen LogP contribution in [-0.2, 0) is 0 Å². The third-order valence-electron chi connectivity index (χ3n) is 2.43. The Morgan fingerprint density at radius 1 is 1.33 bits per heavy atom. The first-order chi connectivity index (χ1) is 8.61. The zero-order chi connectivity index (χ0) is 13.1. The highest BCUT2D eigenvalue weighted by atomic mass is 19.1. The monoisotopic (exact) mass is 246 g/mol. The fourth-order valence-corrected chi connectivity index (χ4v) is 1.53. The normalized spacial score (nSPS) is 10.2. The summed E-state index contributed by atoms with van der Waals surface area (Å²) in [5.41, 5.74) is 0.139. The minimum absolute atomic E-state index is 0.0334. The second-order valence-electron chi connectivity index (χ2n) is 3.66. The lowest BCUT2D eigenvalue weighted by atomic mass is 10.1. The molecule has 0 spiro atoms. The van der Waals surface area contributed by atoms with Gasteiger partial charge in [0, 0.05) is 12.3 Å². The van der Waals surface area contributed by atoms with Crippen molar-refractivity contribution in [1.82, 2.24) is 9.97 Å². The van der Waals surface area contributed by atoms with E-state index in [1.807, 2.05) is 0 Å². The molecule has 0 radical (unpaired) electrons. The molecule has 0 atom stereocenters. The molecule has 0 fully saturated rings. The summed E-state index contributed by atoms with van der Waals surface area (Å²) in [5, 5.41) is 0. The average Bonchev–Trinajstić information content (AvgIpc) is 2.37. The van der Waals surface area contributed by atoms with Crippen molar-refractivity contribution >= 4 is 5.78 Å². The van der Waals surface area contributed by atoms with Crippen molar-refractivity contribution in [2.75, 3.05) is 7.11 Å². The van der Waals surface area contributed by atoms with Gasteiger partial charge in [-0.15, -0.1) is 0 Å². The summed E-state index contributed by atoms with van der Waals surface area (Å²) in [4.78, 5) is 19.9. The van der Waals surface area contributed by atoms with Crippen LogP contribution < -0.4 is 4.74 Å². The zero-order valence-corrected chi connectivity index (χ0v) is 9.98. The van der Waals surface area contributed by atoms with Crippen LogP contribution in [0.4, 0.5) is 4.39 Å². The molecule has 1 aromatic heterocycles. The Labute approximate surface area is 103 Å². The smallest absolute Gasteiger partial charge is 0.214 e. The molecule has 4 nitrogen and oxygen atoms in total. The Bertz CT molecular complexity index is 599. The Morgan fingerprint density at radius 2 is 2.11 bits per heavy atom. The number of aromatic nitrogens is 2. The van der Waals surface area contributed by atoms with Gasteiger partial charge in [-0.2, -0.15) is 0 Å². The van der Waals surface area contributed by atoms with Crippen LogP contribution in [0.25, 0.3) is 0 Å². The fraction of sp³-hybridized carbons (Fsp3) is 0.154. The van der Waals surface area contributed by atoms with E-state index in [-0.39, 0.29) is 11.3 Å². The maximum absolute atomic E-state index is 13.7. The van der Waals surface area contributed by atoms with Crippen LogP contribution in [0.5, 0.6) is 5.75 Å². The van der Waals surface area contributed by atoms with Crippen LogP contribution in [-0.4, -0.2) is 22.9 Å². The molecule has 0 amide bonds. The average molecular weight is 246 g/mol. The fourth-order valence-electron chi connectivity index (χ4n) is 1.53. The van der Waals surface area contributed by atoms with E-state index in [0.717, 1.165) is 0 Å². The lowest BCUT2D eigenvalue weighted by Gasteiger charge is -2.04. The number of ether oxygens (including phenoxy) is 1. The van der Waals surface area contributed by atoms with Gasteiger partial charge in [-0.3, -0.25) is 4.79 Å². The van der Waals surface area contributed by atoms with Gasteiger partial charge in [0.1, 0.15) is 23.1 Å². The standard InChI is InChI=1S/C13H11FN2O2/c1-8-15-6-5-12(16-8)13(17)10-4-3-9(18-2)7-11(10)14/h3-7H,1-2H3. The molecule has 1 aromatic carbocycles. The zero-order valence-electron chi connectivity index (χ0n) is 9.98. The van der Waals surface area contributed by atoms with Crippen LogP contribution in [0.3, 0.4) is 0 Å². The number of nitrogens with zero attached hydrogens (tertiary/aromatic N) is 2. The van der Waals surface area contributed by atoms with Gasteiger partial charge in [0.05, 0.1) is 12.7 Å². The van der Waals surface area contributed by atoms with E-state index in [1.54, 1.807) is 6.92 Å². The Hall–Kier alpha value is -2.30. The van der Waals surface area contributed by atoms with Crippen LogP contribution in [0.15, 0.2) is 30.5 Å². The summed E-state index contributed by atoms with van der Waals surface area (Å²) < 4.78 is 18.6.